The summed E-state index contributed by atoms with van der Waals surface area (Å²) in [5, 5.41) is 11.5. The highest BCUT2D eigenvalue weighted by molar-refractivity contribution is 5.83. The van der Waals surface area contributed by atoms with Crippen molar-refractivity contribution in [2.24, 2.45) is 0 Å². The Balaban J connectivity index is 3.11. The van der Waals surface area contributed by atoms with E-state index in [2.05, 4.69) is 15.0 Å². The van der Waals surface area contributed by atoms with E-state index in [1.165, 1.54) is 12.1 Å². The fraction of sp³-hybridized carbons (Fsp3) is 0.200. The Morgan fingerprint density at radius 1 is 1.27 bits per heavy atom. The van der Waals surface area contributed by atoms with Gasteiger partial charge in [0.2, 0.25) is 0 Å². The molecule has 1 rings (SSSR count). The predicted molar refractivity (Wildman–Crippen MR) is 59.0 cm³/mol. The number of anilines is 2. The van der Waals surface area contributed by atoms with E-state index >= 15 is 0 Å². The topological polar surface area (TPSA) is 67.0 Å². The van der Waals surface area contributed by atoms with Crippen LogP contribution >= 0.6 is 0 Å². The Kier molecular flexibility index (Phi) is 3.50. The normalized spacial score (nSPS) is 9.00. The van der Waals surface area contributed by atoms with Crippen LogP contribution in [0.15, 0.2) is 12.1 Å². The predicted octanol–water partition coefficient (Wildman–Crippen LogP) is 1.77. The van der Waals surface area contributed by atoms with E-state index in [4.69, 9.17) is 24.0 Å². The lowest BCUT2D eigenvalue weighted by Gasteiger charge is -2.09. The average molecular weight is 202 g/mol. The molecule has 0 saturated heterocycles. The quantitative estimate of drug-likeness (QED) is 0.517. The number of nitrogens with zero attached hydrogens (tertiary/aromatic N) is 2. The number of hydrogen-bond donors (Lipinski definition) is 3. The molecule has 76 valence electrons. The van der Waals surface area contributed by atoms with Crippen molar-refractivity contribution in [3.63, 3.8) is 0 Å². The lowest BCUT2D eigenvalue weighted by atomic mass is 10.2. The van der Waals surface area contributed by atoms with Crippen LogP contribution in [-0.2, 0) is 0 Å². The highest BCUT2D eigenvalue weighted by atomic mass is 16.3. The minimum atomic E-state index is -0.0165. The van der Waals surface area contributed by atoms with E-state index in [0.717, 1.165) is 0 Å². The summed E-state index contributed by atoms with van der Waals surface area (Å²) >= 11 is 0. The summed E-state index contributed by atoms with van der Waals surface area (Å²) in [5.41, 5.74) is 7.16. The molecule has 4 N–H and O–H groups in total. The van der Waals surface area contributed by atoms with E-state index in [9.17, 15) is 0 Å². The van der Waals surface area contributed by atoms with Gasteiger partial charge in [-0.15, -0.1) is 0 Å². The first-order chi connectivity index (χ1) is 7.22. The van der Waals surface area contributed by atoms with Gasteiger partial charge in [-0.3, -0.25) is 9.69 Å². The van der Waals surface area contributed by atoms with Crippen LogP contribution in [-0.4, -0.2) is 18.3 Å². The van der Waals surface area contributed by atoms with E-state index in [-0.39, 0.29) is 18.0 Å². The second-order valence-corrected chi connectivity index (χ2v) is 2.80. The molecule has 0 amide bonds. The van der Waals surface area contributed by atoms with Crippen LogP contribution in [0.25, 0.3) is 9.69 Å². The maximum absolute atomic E-state index is 8.63. The second kappa shape index (κ2) is 4.85. The summed E-state index contributed by atoms with van der Waals surface area (Å²) in [6.07, 6.45) is 0. The molecule has 0 aromatic heterocycles. The first-order valence-electron chi connectivity index (χ1n) is 4.26. The lowest BCUT2D eigenvalue weighted by molar-refractivity contribution is 0.311. The molecule has 15 heavy (non-hydrogen) atoms. The molecule has 5 nitrogen and oxygen atoms in total. The summed E-state index contributed by atoms with van der Waals surface area (Å²) in [6, 6.07) is 2.98. The molecule has 0 fully saturated rings. The summed E-state index contributed by atoms with van der Waals surface area (Å²) < 4.78 is 0. The van der Waals surface area contributed by atoms with Crippen molar-refractivity contribution < 1.29 is 5.11 Å². The summed E-state index contributed by atoms with van der Waals surface area (Å²) in [4.78, 5) is 6.43. The van der Waals surface area contributed by atoms with Gasteiger partial charge in [0.1, 0.15) is 0 Å². The van der Waals surface area contributed by atoms with Gasteiger partial charge in [-0.2, -0.15) is 0 Å². The SMILES string of the molecule is [C-]#[N+]c1cc(N)c(NCCO)cc1[N+]#[C-]. The molecule has 1 aromatic carbocycles. The third-order valence-corrected chi connectivity index (χ3v) is 1.81. The first kappa shape index (κ1) is 10.8. The fourth-order valence-electron chi connectivity index (χ4n) is 1.12. The standard InChI is InChI=1S/C10H10N4O/c1-12-9-5-7(11)8(14-3-4-15)6-10(9)13-2/h5-6,14-15H,3-4,11H2. The number of benzene rings is 1. The summed E-state index contributed by atoms with van der Waals surface area (Å²) in [5.74, 6) is 0. The van der Waals surface area contributed by atoms with Crippen LogP contribution < -0.4 is 11.1 Å². The number of nitrogen functional groups attached to an aromatic ring is 1. The minimum absolute atomic E-state index is 0.0165. The maximum Gasteiger partial charge on any atom is 0.196 e. The molecule has 0 bridgehead atoms. The second-order valence-electron chi connectivity index (χ2n) is 2.80. The summed E-state index contributed by atoms with van der Waals surface area (Å²) in [6.45, 7) is 14.1. The van der Waals surface area contributed by atoms with Crippen molar-refractivity contribution in [1.82, 2.24) is 0 Å². The van der Waals surface area contributed by atoms with Crippen molar-refractivity contribution in [3.05, 3.63) is 35.0 Å². The van der Waals surface area contributed by atoms with Crippen LogP contribution in [0.1, 0.15) is 0 Å². The number of nitrogens with two attached hydrogens (primary N) is 1. The van der Waals surface area contributed by atoms with Crippen LogP contribution in [0, 0.1) is 13.1 Å². The molecule has 0 atom stereocenters. The largest absolute Gasteiger partial charge is 0.398 e. The molecule has 0 aliphatic rings. The summed E-state index contributed by atoms with van der Waals surface area (Å²) in [7, 11) is 0. The minimum Gasteiger partial charge on any atom is -0.398 e. The Labute approximate surface area is 87.8 Å². The smallest absolute Gasteiger partial charge is 0.196 e. The van der Waals surface area contributed by atoms with Gasteiger partial charge in [0.25, 0.3) is 0 Å². The maximum atomic E-state index is 8.63. The van der Waals surface area contributed by atoms with E-state index in [0.29, 0.717) is 17.9 Å². The fourth-order valence-corrected chi connectivity index (χ4v) is 1.12. The van der Waals surface area contributed by atoms with Crippen molar-refractivity contribution >= 4 is 22.7 Å². The van der Waals surface area contributed by atoms with Crippen molar-refractivity contribution in [3.8, 4) is 0 Å². The Morgan fingerprint density at radius 2 is 1.87 bits per heavy atom. The van der Waals surface area contributed by atoms with Gasteiger partial charge in [-0.25, -0.2) is 0 Å². The van der Waals surface area contributed by atoms with Crippen molar-refractivity contribution in [2.75, 3.05) is 24.2 Å². The number of nitrogens with one attached hydrogen (secondary N) is 1. The molecule has 0 saturated carbocycles. The van der Waals surface area contributed by atoms with E-state index in [1.54, 1.807) is 0 Å². The monoisotopic (exact) mass is 202 g/mol. The molecule has 0 aliphatic carbocycles. The number of rotatable bonds is 3. The molecule has 0 spiro atoms. The molecule has 1 aromatic rings. The molecular weight excluding hydrogens is 192 g/mol. The van der Waals surface area contributed by atoms with Crippen LogP contribution in [0.2, 0.25) is 0 Å². The number of hydrogen-bond acceptors (Lipinski definition) is 3. The average Bonchev–Trinajstić information content (AvgIpc) is 2.27. The Hall–Kier alpha value is -2.24. The first-order valence-corrected chi connectivity index (χ1v) is 4.26. The molecule has 0 aliphatic heterocycles. The third-order valence-electron chi connectivity index (χ3n) is 1.81. The molecular formula is C10H10N4O. The molecule has 5 heteroatoms. The number of aliphatic hydroxyl groups is 1. The third kappa shape index (κ3) is 2.37. The van der Waals surface area contributed by atoms with Crippen LogP contribution in [0.3, 0.4) is 0 Å². The highest BCUT2D eigenvalue weighted by Crippen LogP contribution is 2.35. The van der Waals surface area contributed by atoms with Gasteiger partial charge >= 0.3 is 0 Å². The zero-order valence-corrected chi connectivity index (χ0v) is 7.99. The van der Waals surface area contributed by atoms with E-state index in [1.807, 2.05) is 0 Å². The molecule has 0 unspecified atom stereocenters. The van der Waals surface area contributed by atoms with Gasteiger partial charge in [0.15, 0.2) is 11.4 Å². The molecule has 0 radical (unpaired) electrons. The zero-order valence-electron chi connectivity index (χ0n) is 7.99. The Bertz CT molecular complexity index is 442. The van der Waals surface area contributed by atoms with E-state index < -0.39 is 0 Å². The highest BCUT2D eigenvalue weighted by Gasteiger charge is 2.07. The van der Waals surface area contributed by atoms with Gasteiger partial charge in [-0.1, -0.05) is 0 Å². The zero-order chi connectivity index (χ0) is 11.3. The van der Waals surface area contributed by atoms with Gasteiger partial charge < -0.3 is 16.2 Å². The van der Waals surface area contributed by atoms with Crippen molar-refractivity contribution in [2.45, 2.75) is 0 Å². The molecule has 0 heterocycles. The van der Waals surface area contributed by atoms with Gasteiger partial charge in [0, 0.05) is 17.9 Å². The van der Waals surface area contributed by atoms with Crippen LogP contribution in [0.5, 0.6) is 0 Å². The van der Waals surface area contributed by atoms with Gasteiger partial charge in [-0.05, 0) is 12.1 Å². The van der Waals surface area contributed by atoms with Gasteiger partial charge in [0.05, 0.1) is 19.8 Å². The van der Waals surface area contributed by atoms with Crippen LogP contribution in [0.4, 0.5) is 22.7 Å². The number of aliphatic hydroxyl groups excluding tert-OH is 1. The van der Waals surface area contributed by atoms with Crippen molar-refractivity contribution in [1.29, 1.82) is 0 Å². The lowest BCUT2D eigenvalue weighted by Crippen LogP contribution is -2.07. The Morgan fingerprint density at radius 3 is 2.40 bits per heavy atom.